The Hall–Kier alpha value is -3.93. The average molecular weight is 416 g/mol. The van der Waals surface area contributed by atoms with E-state index in [-0.39, 0.29) is 24.8 Å². The predicted molar refractivity (Wildman–Crippen MR) is 121 cm³/mol. The van der Waals surface area contributed by atoms with Crippen LogP contribution < -0.4 is 10.6 Å². The second kappa shape index (κ2) is 10.2. The van der Waals surface area contributed by atoms with Crippen molar-refractivity contribution in [3.63, 3.8) is 0 Å². The molecule has 0 bridgehead atoms. The van der Waals surface area contributed by atoms with Gasteiger partial charge in [0, 0.05) is 12.6 Å². The maximum atomic E-state index is 12.6. The lowest BCUT2D eigenvalue weighted by molar-refractivity contribution is -0.116. The van der Waals surface area contributed by atoms with Gasteiger partial charge in [0.1, 0.15) is 0 Å². The zero-order valence-electron chi connectivity index (χ0n) is 17.5. The maximum Gasteiger partial charge on any atom is 0.340 e. The molecule has 0 heterocycles. The minimum absolute atomic E-state index is 0.128. The van der Waals surface area contributed by atoms with Crippen LogP contribution in [0.25, 0.3) is 11.1 Å². The molecule has 2 amide bonds. The van der Waals surface area contributed by atoms with Crippen LogP contribution in [0.2, 0.25) is 0 Å². The molecule has 2 N–H and O–H groups in total. The van der Waals surface area contributed by atoms with Gasteiger partial charge in [-0.1, -0.05) is 48.5 Å². The molecule has 0 spiro atoms. The van der Waals surface area contributed by atoms with Gasteiger partial charge in [-0.05, 0) is 47.9 Å². The second-order valence-electron chi connectivity index (χ2n) is 6.95. The number of hydrogen-bond donors (Lipinski definition) is 2. The summed E-state index contributed by atoms with van der Waals surface area (Å²) in [4.78, 5) is 36.2. The normalized spacial score (nSPS) is 10.3. The molecule has 31 heavy (non-hydrogen) atoms. The first-order chi connectivity index (χ1) is 15.0. The third kappa shape index (κ3) is 6.02. The molecular formula is C25H24N2O4. The van der Waals surface area contributed by atoms with Crippen LogP contribution in [0.15, 0.2) is 72.8 Å². The summed E-state index contributed by atoms with van der Waals surface area (Å²) >= 11 is 0. The minimum atomic E-state index is -0.491. The summed E-state index contributed by atoms with van der Waals surface area (Å²) in [6, 6.07) is 22.0. The third-order valence-electron chi connectivity index (χ3n) is 4.54. The Morgan fingerprint density at radius 3 is 2.19 bits per heavy atom. The number of ether oxygens (including phenoxy) is 1. The van der Waals surface area contributed by atoms with Gasteiger partial charge in [-0.15, -0.1) is 0 Å². The molecule has 0 atom stereocenters. The lowest BCUT2D eigenvalue weighted by Gasteiger charge is -2.13. The molecule has 3 aromatic rings. The van der Waals surface area contributed by atoms with Crippen LogP contribution in [-0.4, -0.2) is 24.4 Å². The summed E-state index contributed by atoms with van der Waals surface area (Å²) in [6.45, 7) is 3.41. The van der Waals surface area contributed by atoms with Gasteiger partial charge < -0.3 is 15.4 Å². The first-order valence-corrected chi connectivity index (χ1v) is 9.99. The van der Waals surface area contributed by atoms with E-state index >= 15 is 0 Å². The van der Waals surface area contributed by atoms with Crippen molar-refractivity contribution >= 4 is 29.2 Å². The summed E-state index contributed by atoms with van der Waals surface area (Å²) in [5.74, 6) is -0.906. The highest BCUT2D eigenvalue weighted by Gasteiger charge is 2.16. The molecule has 0 aliphatic heterocycles. The van der Waals surface area contributed by atoms with Crippen molar-refractivity contribution in [1.29, 1.82) is 0 Å². The molecule has 0 saturated heterocycles. The number of carbonyl (C=O) groups excluding carboxylic acids is 3. The van der Waals surface area contributed by atoms with E-state index in [1.165, 1.54) is 6.92 Å². The average Bonchev–Trinajstić information content (AvgIpc) is 2.76. The van der Waals surface area contributed by atoms with Gasteiger partial charge in [-0.25, -0.2) is 4.79 Å². The van der Waals surface area contributed by atoms with E-state index in [1.54, 1.807) is 43.3 Å². The van der Waals surface area contributed by atoms with E-state index in [1.807, 2.05) is 36.4 Å². The van der Waals surface area contributed by atoms with Gasteiger partial charge in [0.25, 0.3) is 0 Å². The predicted octanol–water partition coefficient (Wildman–Crippen LogP) is 4.67. The SMILES string of the molecule is CCOC(=O)c1cc(-c2ccccc2)ccc1NC(=O)Cc1ccc(NC(C)=O)cc1. The Kier molecular flexibility index (Phi) is 7.17. The van der Waals surface area contributed by atoms with Crippen LogP contribution in [0.5, 0.6) is 0 Å². The van der Waals surface area contributed by atoms with Gasteiger partial charge in [0.2, 0.25) is 11.8 Å². The number of carbonyl (C=O) groups is 3. The largest absolute Gasteiger partial charge is 0.462 e. The Balaban J connectivity index is 1.78. The molecule has 0 fully saturated rings. The zero-order valence-corrected chi connectivity index (χ0v) is 17.5. The first kappa shape index (κ1) is 21.8. The van der Waals surface area contributed by atoms with Crippen LogP contribution in [0, 0.1) is 0 Å². The second-order valence-corrected chi connectivity index (χ2v) is 6.95. The minimum Gasteiger partial charge on any atom is -0.462 e. The van der Waals surface area contributed by atoms with Crippen LogP contribution in [0.4, 0.5) is 11.4 Å². The number of esters is 1. The first-order valence-electron chi connectivity index (χ1n) is 9.99. The van der Waals surface area contributed by atoms with Crippen molar-refractivity contribution in [3.8, 4) is 11.1 Å². The van der Waals surface area contributed by atoms with Crippen LogP contribution in [0.1, 0.15) is 29.8 Å². The van der Waals surface area contributed by atoms with E-state index < -0.39 is 5.97 Å². The van der Waals surface area contributed by atoms with Gasteiger partial charge in [0.15, 0.2) is 0 Å². The van der Waals surface area contributed by atoms with E-state index in [0.29, 0.717) is 16.9 Å². The zero-order chi connectivity index (χ0) is 22.2. The molecule has 6 heteroatoms. The fraction of sp³-hybridized carbons (Fsp3) is 0.160. The third-order valence-corrected chi connectivity index (χ3v) is 4.54. The fourth-order valence-corrected chi connectivity index (χ4v) is 3.13. The van der Waals surface area contributed by atoms with Crippen molar-refractivity contribution in [2.45, 2.75) is 20.3 Å². The number of anilines is 2. The molecule has 0 aliphatic rings. The highest BCUT2D eigenvalue weighted by Crippen LogP contribution is 2.26. The van der Waals surface area contributed by atoms with Gasteiger partial charge >= 0.3 is 5.97 Å². The standard InChI is InChI=1S/C25H24N2O4/c1-3-31-25(30)22-16-20(19-7-5-4-6-8-19)11-14-23(22)27-24(29)15-18-9-12-21(13-10-18)26-17(2)28/h4-14,16H,3,15H2,1-2H3,(H,26,28)(H,27,29). The highest BCUT2D eigenvalue weighted by molar-refractivity contribution is 6.02. The molecule has 0 unspecified atom stereocenters. The summed E-state index contributed by atoms with van der Waals surface area (Å²) < 4.78 is 5.18. The van der Waals surface area contributed by atoms with E-state index in [0.717, 1.165) is 16.7 Å². The lowest BCUT2D eigenvalue weighted by Crippen LogP contribution is -2.17. The van der Waals surface area contributed by atoms with Gasteiger partial charge in [-0.2, -0.15) is 0 Å². The Labute approximate surface area is 181 Å². The van der Waals surface area contributed by atoms with Crippen molar-refractivity contribution in [2.24, 2.45) is 0 Å². The topological polar surface area (TPSA) is 84.5 Å². The van der Waals surface area contributed by atoms with E-state index in [2.05, 4.69) is 10.6 Å². The number of hydrogen-bond acceptors (Lipinski definition) is 4. The Morgan fingerprint density at radius 2 is 1.55 bits per heavy atom. The lowest BCUT2D eigenvalue weighted by atomic mass is 10.0. The highest BCUT2D eigenvalue weighted by atomic mass is 16.5. The molecule has 6 nitrogen and oxygen atoms in total. The van der Waals surface area contributed by atoms with Crippen molar-refractivity contribution in [3.05, 3.63) is 83.9 Å². The molecule has 0 aromatic heterocycles. The number of amides is 2. The number of nitrogens with one attached hydrogen (secondary N) is 2. The molecule has 3 aromatic carbocycles. The summed E-state index contributed by atoms with van der Waals surface area (Å²) in [7, 11) is 0. The monoisotopic (exact) mass is 416 g/mol. The van der Waals surface area contributed by atoms with E-state index in [4.69, 9.17) is 4.74 Å². The van der Waals surface area contributed by atoms with Crippen molar-refractivity contribution < 1.29 is 19.1 Å². The van der Waals surface area contributed by atoms with Crippen LogP contribution in [-0.2, 0) is 20.7 Å². The molecule has 158 valence electrons. The van der Waals surface area contributed by atoms with Gasteiger partial charge in [0.05, 0.1) is 24.3 Å². The molecule has 0 radical (unpaired) electrons. The van der Waals surface area contributed by atoms with Crippen LogP contribution >= 0.6 is 0 Å². The number of rotatable bonds is 7. The maximum absolute atomic E-state index is 12.6. The van der Waals surface area contributed by atoms with Crippen molar-refractivity contribution in [1.82, 2.24) is 0 Å². The summed E-state index contributed by atoms with van der Waals surface area (Å²) in [6.07, 6.45) is 0.128. The Bertz CT molecular complexity index is 1080. The van der Waals surface area contributed by atoms with E-state index in [9.17, 15) is 14.4 Å². The van der Waals surface area contributed by atoms with Gasteiger partial charge in [-0.3, -0.25) is 9.59 Å². The molecule has 0 saturated carbocycles. The Morgan fingerprint density at radius 1 is 0.839 bits per heavy atom. The van der Waals surface area contributed by atoms with Crippen LogP contribution in [0.3, 0.4) is 0 Å². The number of benzene rings is 3. The summed E-state index contributed by atoms with van der Waals surface area (Å²) in [5.41, 5.74) is 3.97. The fourth-order valence-electron chi connectivity index (χ4n) is 3.13. The quantitative estimate of drug-likeness (QED) is 0.548. The molecule has 3 rings (SSSR count). The molecule has 0 aliphatic carbocycles. The summed E-state index contributed by atoms with van der Waals surface area (Å²) in [5, 5.41) is 5.50. The smallest absolute Gasteiger partial charge is 0.340 e. The van der Waals surface area contributed by atoms with Crippen molar-refractivity contribution in [2.75, 3.05) is 17.2 Å². The molecular weight excluding hydrogens is 392 g/mol.